The molecule has 0 aliphatic heterocycles. The molecule has 1 aromatic heterocycles. The average molecular weight is 180 g/mol. The van der Waals surface area contributed by atoms with Crippen molar-refractivity contribution in [2.45, 2.75) is 13.8 Å². The van der Waals surface area contributed by atoms with Crippen molar-refractivity contribution in [2.75, 3.05) is 7.11 Å². The molecule has 0 aliphatic carbocycles. The maximum Gasteiger partial charge on any atom is 0.330 e. The predicted octanol–water partition coefficient (Wildman–Crippen LogP) is 2.16. The first-order valence-corrected chi connectivity index (χ1v) is 3.96. The van der Waals surface area contributed by atoms with Crippen LogP contribution in [-0.2, 0) is 9.53 Å². The number of ether oxygens (including phenoxy) is 1. The van der Waals surface area contributed by atoms with E-state index in [0.29, 0.717) is 5.76 Å². The minimum Gasteiger partial charge on any atom is -0.466 e. The van der Waals surface area contributed by atoms with Crippen molar-refractivity contribution in [3.63, 3.8) is 0 Å². The van der Waals surface area contributed by atoms with Crippen LogP contribution in [0.1, 0.15) is 18.4 Å². The molecule has 0 atom stereocenters. The molecule has 0 N–H and O–H groups in total. The summed E-state index contributed by atoms with van der Waals surface area (Å²) in [6.07, 6.45) is 1.40. The largest absolute Gasteiger partial charge is 0.466 e. The number of esters is 1. The van der Waals surface area contributed by atoms with Crippen LogP contribution in [0.5, 0.6) is 0 Å². The Morgan fingerprint density at radius 2 is 2.23 bits per heavy atom. The highest BCUT2D eigenvalue weighted by atomic mass is 16.5. The minimum absolute atomic E-state index is 0.369. The van der Waals surface area contributed by atoms with Gasteiger partial charge in [-0.2, -0.15) is 0 Å². The maximum atomic E-state index is 10.9. The van der Waals surface area contributed by atoms with Crippen LogP contribution in [-0.4, -0.2) is 13.1 Å². The van der Waals surface area contributed by atoms with Crippen LogP contribution in [0.25, 0.3) is 5.57 Å². The van der Waals surface area contributed by atoms with E-state index in [4.69, 9.17) is 4.42 Å². The summed E-state index contributed by atoms with van der Waals surface area (Å²) in [6.45, 7) is 3.66. The van der Waals surface area contributed by atoms with Gasteiger partial charge in [0.05, 0.1) is 7.11 Å². The summed E-state index contributed by atoms with van der Waals surface area (Å²) >= 11 is 0. The van der Waals surface area contributed by atoms with Gasteiger partial charge in [-0.15, -0.1) is 0 Å². The van der Waals surface area contributed by atoms with E-state index in [1.54, 1.807) is 6.92 Å². The summed E-state index contributed by atoms with van der Waals surface area (Å²) in [5.41, 5.74) is 0.764. The third kappa shape index (κ3) is 2.47. The first-order chi connectivity index (χ1) is 6.13. The Morgan fingerprint density at radius 1 is 1.54 bits per heavy atom. The van der Waals surface area contributed by atoms with Gasteiger partial charge >= 0.3 is 5.97 Å². The van der Waals surface area contributed by atoms with Crippen molar-refractivity contribution in [1.29, 1.82) is 0 Å². The zero-order valence-electron chi connectivity index (χ0n) is 7.96. The van der Waals surface area contributed by atoms with Gasteiger partial charge in [-0.1, -0.05) is 0 Å². The molecule has 0 unspecified atom stereocenters. The molecule has 1 rings (SSSR count). The van der Waals surface area contributed by atoms with Gasteiger partial charge in [0.2, 0.25) is 0 Å². The molecule has 1 heterocycles. The lowest BCUT2D eigenvalue weighted by Gasteiger charge is -1.95. The fourth-order valence-corrected chi connectivity index (χ4v) is 0.953. The third-order valence-electron chi connectivity index (χ3n) is 1.66. The zero-order valence-corrected chi connectivity index (χ0v) is 7.96. The van der Waals surface area contributed by atoms with Crippen molar-refractivity contribution in [3.05, 3.63) is 29.7 Å². The van der Waals surface area contributed by atoms with Crippen LogP contribution in [0, 0.1) is 6.92 Å². The van der Waals surface area contributed by atoms with E-state index in [0.717, 1.165) is 11.3 Å². The molecule has 3 heteroatoms. The van der Waals surface area contributed by atoms with E-state index in [9.17, 15) is 4.79 Å². The number of allylic oxidation sites excluding steroid dienone is 1. The molecule has 70 valence electrons. The second-order valence-electron chi connectivity index (χ2n) is 2.76. The lowest BCUT2D eigenvalue weighted by molar-refractivity contribution is -0.134. The number of aryl methyl sites for hydroxylation is 1. The second-order valence-corrected chi connectivity index (χ2v) is 2.76. The molecular weight excluding hydrogens is 168 g/mol. The monoisotopic (exact) mass is 180 g/mol. The average Bonchev–Trinajstić information content (AvgIpc) is 2.51. The Hall–Kier alpha value is -1.51. The standard InChI is InChI=1S/C10H12O3/c1-7(6-10(11)12-3)9-5-4-8(2)13-9/h4-6H,1-3H3/b7-6-. The van der Waals surface area contributed by atoms with E-state index in [1.807, 2.05) is 19.1 Å². The number of hydrogen-bond acceptors (Lipinski definition) is 3. The van der Waals surface area contributed by atoms with E-state index in [-0.39, 0.29) is 5.97 Å². The molecule has 0 spiro atoms. The summed E-state index contributed by atoms with van der Waals surface area (Å²) in [5, 5.41) is 0. The quantitative estimate of drug-likeness (QED) is 0.517. The van der Waals surface area contributed by atoms with Crippen LogP contribution in [0.3, 0.4) is 0 Å². The first-order valence-electron chi connectivity index (χ1n) is 3.96. The van der Waals surface area contributed by atoms with Crippen molar-refractivity contribution >= 4 is 11.5 Å². The molecule has 0 aromatic carbocycles. The first kappa shape index (κ1) is 9.58. The normalized spacial score (nSPS) is 11.5. The third-order valence-corrected chi connectivity index (χ3v) is 1.66. The summed E-state index contributed by atoms with van der Waals surface area (Å²) in [6, 6.07) is 3.67. The highest BCUT2D eigenvalue weighted by Gasteiger charge is 2.03. The summed E-state index contributed by atoms with van der Waals surface area (Å²) in [7, 11) is 1.35. The lowest BCUT2D eigenvalue weighted by atomic mass is 10.2. The Morgan fingerprint density at radius 3 is 2.69 bits per heavy atom. The number of furan rings is 1. The van der Waals surface area contributed by atoms with E-state index in [2.05, 4.69) is 4.74 Å². The fourth-order valence-electron chi connectivity index (χ4n) is 0.953. The molecule has 0 amide bonds. The molecule has 0 aliphatic rings. The number of hydrogen-bond donors (Lipinski definition) is 0. The highest BCUT2D eigenvalue weighted by Crippen LogP contribution is 2.16. The Bertz CT molecular complexity index is 334. The molecule has 13 heavy (non-hydrogen) atoms. The summed E-state index contributed by atoms with van der Waals surface area (Å²) in [5.74, 6) is 1.15. The number of rotatable bonds is 2. The van der Waals surface area contributed by atoms with Gasteiger partial charge in [-0.25, -0.2) is 4.79 Å². The maximum absolute atomic E-state index is 10.9. The van der Waals surface area contributed by atoms with Gasteiger partial charge in [0.25, 0.3) is 0 Å². The summed E-state index contributed by atoms with van der Waals surface area (Å²) in [4.78, 5) is 10.9. The molecule has 0 saturated heterocycles. The molecule has 0 fully saturated rings. The summed E-state index contributed by atoms with van der Waals surface area (Å²) < 4.78 is 9.81. The SMILES string of the molecule is COC(=O)/C=C(/C)c1ccc(C)o1. The van der Waals surface area contributed by atoms with Gasteiger partial charge < -0.3 is 9.15 Å². The predicted molar refractivity (Wildman–Crippen MR) is 49.1 cm³/mol. The van der Waals surface area contributed by atoms with E-state index < -0.39 is 0 Å². The van der Waals surface area contributed by atoms with Crippen LogP contribution < -0.4 is 0 Å². The van der Waals surface area contributed by atoms with Crippen LogP contribution >= 0.6 is 0 Å². The Balaban J connectivity index is 2.84. The van der Waals surface area contributed by atoms with Crippen molar-refractivity contribution in [3.8, 4) is 0 Å². The topological polar surface area (TPSA) is 39.4 Å². The lowest BCUT2D eigenvalue weighted by Crippen LogP contribution is -1.95. The molecule has 0 bridgehead atoms. The van der Waals surface area contributed by atoms with Gasteiger partial charge in [0.15, 0.2) is 0 Å². The van der Waals surface area contributed by atoms with Gasteiger partial charge in [-0.05, 0) is 31.6 Å². The molecular formula is C10H12O3. The number of methoxy groups -OCH3 is 1. The molecule has 0 radical (unpaired) electrons. The highest BCUT2D eigenvalue weighted by molar-refractivity contribution is 5.90. The molecule has 0 saturated carbocycles. The molecule has 1 aromatic rings. The zero-order chi connectivity index (χ0) is 9.84. The minimum atomic E-state index is -0.369. The molecule has 3 nitrogen and oxygen atoms in total. The van der Waals surface area contributed by atoms with Crippen LogP contribution in [0.4, 0.5) is 0 Å². The smallest absolute Gasteiger partial charge is 0.330 e. The van der Waals surface area contributed by atoms with Gasteiger partial charge in [0.1, 0.15) is 11.5 Å². The van der Waals surface area contributed by atoms with Crippen molar-refractivity contribution < 1.29 is 13.9 Å². The number of carbonyl (C=O) groups is 1. The van der Waals surface area contributed by atoms with E-state index in [1.165, 1.54) is 13.2 Å². The van der Waals surface area contributed by atoms with Gasteiger partial charge in [-0.3, -0.25) is 0 Å². The van der Waals surface area contributed by atoms with E-state index >= 15 is 0 Å². The van der Waals surface area contributed by atoms with Crippen LogP contribution in [0.2, 0.25) is 0 Å². The number of carbonyl (C=O) groups excluding carboxylic acids is 1. The van der Waals surface area contributed by atoms with Gasteiger partial charge in [0, 0.05) is 6.08 Å². The van der Waals surface area contributed by atoms with Crippen molar-refractivity contribution in [1.82, 2.24) is 0 Å². The van der Waals surface area contributed by atoms with Crippen molar-refractivity contribution in [2.24, 2.45) is 0 Å². The second kappa shape index (κ2) is 3.94. The Labute approximate surface area is 77.0 Å². The fraction of sp³-hybridized carbons (Fsp3) is 0.300. The Kier molecular flexibility index (Phi) is 2.90. The van der Waals surface area contributed by atoms with Crippen LogP contribution in [0.15, 0.2) is 22.6 Å².